The highest BCUT2D eigenvalue weighted by molar-refractivity contribution is 8.00. The first kappa shape index (κ1) is 16.8. The summed E-state index contributed by atoms with van der Waals surface area (Å²) >= 11 is 1.42. The van der Waals surface area contributed by atoms with Crippen LogP contribution in [-0.4, -0.2) is 21.7 Å². The number of benzene rings is 2. The van der Waals surface area contributed by atoms with Gasteiger partial charge in [0.2, 0.25) is 5.91 Å². The van der Waals surface area contributed by atoms with Crippen LogP contribution in [0.25, 0.3) is 0 Å². The summed E-state index contributed by atoms with van der Waals surface area (Å²) in [6.45, 7) is 2.02. The Balaban J connectivity index is 1.91. The molecule has 2 aromatic carbocycles. The number of phenolic OH excluding ortho intramolecular Hbond substituents is 1. The molecule has 0 aromatic heterocycles. The molecular formula is C16H16N2O4S. The number of hydrogen-bond donors (Lipinski definition) is 2. The Morgan fingerprint density at radius 2 is 2.04 bits per heavy atom. The maximum atomic E-state index is 11.9. The maximum absolute atomic E-state index is 11.9. The summed E-state index contributed by atoms with van der Waals surface area (Å²) < 4.78 is 0. The van der Waals surface area contributed by atoms with Crippen LogP contribution in [0.2, 0.25) is 0 Å². The Bertz CT molecular complexity index is 734. The van der Waals surface area contributed by atoms with Gasteiger partial charge in [-0.15, -0.1) is 11.8 Å². The van der Waals surface area contributed by atoms with Gasteiger partial charge in [-0.05, 0) is 24.6 Å². The lowest BCUT2D eigenvalue weighted by Gasteiger charge is -2.08. The molecule has 0 atom stereocenters. The fourth-order valence-electron chi connectivity index (χ4n) is 1.93. The molecule has 0 spiro atoms. The minimum atomic E-state index is -0.543. The molecule has 120 valence electrons. The number of nitro groups is 1. The Morgan fingerprint density at radius 3 is 2.74 bits per heavy atom. The quantitative estimate of drug-likeness (QED) is 0.482. The topological polar surface area (TPSA) is 92.5 Å². The Kier molecular flexibility index (Phi) is 5.59. The Labute approximate surface area is 137 Å². The van der Waals surface area contributed by atoms with E-state index in [1.54, 1.807) is 0 Å². The zero-order chi connectivity index (χ0) is 16.8. The van der Waals surface area contributed by atoms with E-state index in [1.165, 1.54) is 30.0 Å². The number of phenols is 1. The van der Waals surface area contributed by atoms with E-state index >= 15 is 0 Å². The van der Waals surface area contributed by atoms with Gasteiger partial charge in [-0.1, -0.05) is 18.2 Å². The van der Waals surface area contributed by atoms with Gasteiger partial charge in [0.15, 0.2) is 0 Å². The molecule has 2 aromatic rings. The number of thioether (sulfide) groups is 1. The number of hydrogen-bond acceptors (Lipinski definition) is 5. The number of amides is 1. The molecular weight excluding hydrogens is 316 g/mol. The lowest BCUT2D eigenvalue weighted by atomic mass is 10.2. The predicted molar refractivity (Wildman–Crippen MR) is 88.5 cm³/mol. The third kappa shape index (κ3) is 4.72. The average molecular weight is 332 g/mol. The molecule has 0 bridgehead atoms. The van der Waals surface area contributed by atoms with E-state index in [2.05, 4.69) is 5.32 Å². The summed E-state index contributed by atoms with van der Waals surface area (Å²) in [6, 6.07) is 11.5. The van der Waals surface area contributed by atoms with Crippen LogP contribution in [0.4, 0.5) is 5.69 Å². The molecule has 2 N–H and O–H groups in total. The number of nitrogens with zero attached hydrogens (tertiary/aromatic N) is 1. The van der Waals surface area contributed by atoms with Crippen LogP contribution in [0.1, 0.15) is 11.1 Å². The predicted octanol–water partition coefficient (Wildman–Crippen LogP) is 3.02. The maximum Gasteiger partial charge on any atom is 0.270 e. The van der Waals surface area contributed by atoms with Crippen molar-refractivity contribution in [3.63, 3.8) is 0 Å². The van der Waals surface area contributed by atoms with E-state index in [0.29, 0.717) is 5.56 Å². The molecule has 1 amide bonds. The van der Waals surface area contributed by atoms with Gasteiger partial charge in [-0.2, -0.15) is 0 Å². The van der Waals surface area contributed by atoms with Crippen molar-refractivity contribution in [2.45, 2.75) is 18.4 Å². The number of aryl methyl sites for hydroxylation is 1. The zero-order valence-corrected chi connectivity index (χ0v) is 13.3. The molecule has 0 saturated heterocycles. The van der Waals surface area contributed by atoms with Crippen LogP contribution in [0, 0.1) is 17.0 Å². The second kappa shape index (κ2) is 7.64. The van der Waals surface area contributed by atoms with Gasteiger partial charge in [-0.3, -0.25) is 14.9 Å². The highest BCUT2D eigenvalue weighted by atomic mass is 32.2. The van der Waals surface area contributed by atoms with Crippen molar-refractivity contribution in [3.05, 3.63) is 63.7 Å². The van der Waals surface area contributed by atoms with Crippen LogP contribution in [0.15, 0.2) is 47.4 Å². The molecule has 23 heavy (non-hydrogen) atoms. The van der Waals surface area contributed by atoms with E-state index in [-0.39, 0.29) is 29.6 Å². The summed E-state index contributed by atoms with van der Waals surface area (Å²) in [5, 5.41) is 23.1. The third-order valence-corrected chi connectivity index (χ3v) is 4.38. The zero-order valence-electron chi connectivity index (χ0n) is 12.5. The summed E-state index contributed by atoms with van der Waals surface area (Å²) in [4.78, 5) is 23.1. The fourth-order valence-corrected chi connectivity index (χ4v) is 2.79. The van der Waals surface area contributed by atoms with Crippen molar-refractivity contribution in [1.29, 1.82) is 0 Å². The molecule has 0 saturated carbocycles. The number of nitro benzene ring substituents is 1. The molecule has 0 unspecified atom stereocenters. The van der Waals surface area contributed by atoms with Crippen molar-refractivity contribution in [2.24, 2.45) is 0 Å². The van der Waals surface area contributed by atoms with Crippen molar-refractivity contribution >= 4 is 23.4 Å². The van der Waals surface area contributed by atoms with Crippen LogP contribution < -0.4 is 5.32 Å². The molecule has 0 radical (unpaired) electrons. The van der Waals surface area contributed by atoms with Crippen molar-refractivity contribution in [2.75, 3.05) is 5.75 Å². The van der Waals surface area contributed by atoms with Gasteiger partial charge in [0.1, 0.15) is 5.75 Å². The van der Waals surface area contributed by atoms with Gasteiger partial charge < -0.3 is 10.4 Å². The largest absolute Gasteiger partial charge is 0.508 e. The smallest absolute Gasteiger partial charge is 0.270 e. The van der Waals surface area contributed by atoms with Crippen molar-refractivity contribution in [3.8, 4) is 5.75 Å². The third-order valence-electron chi connectivity index (χ3n) is 3.20. The summed E-state index contributed by atoms with van der Waals surface area (Å²) in [5.74, 6) is -0.0489. The lowest BCUT2D eigenvalue weighted by molar-refractivity contribution is -0.384. The minimum absolute atomic E-state index is 0.0423. The van der Waals surface area contributed by atoms with Gasteiger partial charge >= 0.3 is 0 Å². The van der Waals surface area contributed by atoms with Gasteiger partial charge in [0.05, 0.1) is 10.7 Å². The second-order valence-electron chi connectivity index (χ2n) is 4.90. The van der Waals surface area contributed by atoms with Crippen LogP contribution >= 0.6 is 11.8 Å². The normalized spacial score (nSPS) is 10.3. The van der Waals surface area contributed by atoms with Crippen molar-refractivity contribution < 1.29 is 14.8 Å². The van der Waals surface area contributed by atoms with E-state index in [1.807, 2.05) is 31.2 Å². The molecule has 0 aliphatic rings. The summed E-state index contributed by atoms with van der Waals surface area (Å²) in [5.41, 5.74) is 1.29. The first-order chi connectivity index (χ1) is 11.0. The number of aromatic hydroxyl groups is 1. The second-order valence-corrected chi connectivity index (χ2v) is 5.92. The minimum Gasteiger partial charge on any atom is -0.508 e. The number of carbonyl (C=O) groups is 1. The van der Waals surface area contributed by atoms with Gasteiger partial charge in [0.25, 0.3) is 5.69 Å². The number of carbonyl (C=O) groups excluding carboxylic acids is 1. The van der Waals surface area contributed by atoms with E-state index < -0.39 is 4.92 Å². The number of non-ortho nitro benzene ring substituents is 1. The number of nitrogens with one attached hydrogen (secondary N) is 1. The molecule has 7 heteroatoms. The summed E-state index contributed by atoms with van der Waals surface area (Å²) in [7, 11) is 0. The SMILES string of the molecule is Cc1ccccc1SCC(=O)NCc1cc([N+](=O)[O-])ccc1O. The molecule has 0 aliphatic heterocycles. The molecule has 0 heterocycles. The average Bonchev–Trinajstić information content (AvgIpc) is 2.53. The van der Waals surface area contributed by atoms with E-state index in [9.17, 15) is 20.0 Å². The van der Waals surface area contributed by atoms with Gasteiger partial charge in [-0.25, -0.2) is 0 Å². The monoisotopic (exact) mass is 332 g/mol. The van der Waals surface area contributed by atoms with E-state index in [0.717, 1.165) is 10.5 Å². The molecule has 6 nitrogen and oxygen atoms in total. The van der Waals surface area contributed by atoms with Crippen molar-refractivity contribution in [1.82, 2.24) is 5.32 Å². The number of rotatable bonds is 6. The lowest BCUT2D eigenvalue weighted by Crippen LogP contribution is -2.24. The first-order valence-electron chi connectivity index (χ1n) is 6.89. The standard InChI is InChI=1S/C16H16N2O4S/c1-11-4-2-3-5-15(11)23-10-16(20)17-9-12-8-13(18(21)22)6-7-14(12)19/h2-8,19H,9-10H2,1H3,(H,17,20). The molecule has 0 fully saturated rings. The fraction of sp³-hybridized carbons (Fsp3) is 0.188. The molecule has 0 aliphatic carbocycles. The summed E-state index contributed by atoms with van der Waals surface area (Å²) in [6.07, 6.45) is 0. The van der Waals surface area contributed by atoms with E-state index in [4.69, 9.17) is 0 Å². The molecule has 2 rings (SSSR count). The Hall–Kier alpha value is -2.54. The first-order valence-corrected chi connectivity index (χ1v) is 7.87. The highest BCUT2D eigenvalue weighted by Gasteiger charge is 2.11. The van der Waals surface area contributed by atoms with Crippen LogP contribution in [0.3, 0.4) is 0 Å². The van der Waals surface area contributed by atoms with Crippen LogP contribution in [0.5, 0.6) is 5.75 Å². The van der Waals surface area contributed by atoms with Crippen LogP contribution in [-0.2, 0) is 11.3 Å². The Morgan fingerprint density at radius 1 is 1.30 bits per heavy atom. The van der Waals surface area contributed by atoms with Gasteiger partial charge in [0, 0.05) is 29.1 Å². The highest BCUT2D eigenvalue weighted by Crippen LogP contribution is 2.23.